The van der Waals surface area contributed by atoms with Gasteiger partial charge >= 0.3 is 17.2 Å². The van der Waals surface area contributed by atoms with Crippen LogP contribution in [0.25, 0.3) is 0 Å². The number of carbonyl (C=O) groups excluding carboxylic acids is 3. The van der Waals surface area contributed by atoms with Crippen LogP contribution >= 0.6 is 0 Å². The van der Waals surface area contributed by atoms with Gasteiger partial charge in [0.1, 0.15) is 0 Å². The van der Waals surface area contributed by atoms with Crippen LogP contribution in [0.1, 0.15) is 52.4 Å². The van der Waals surface area contributed by atoms with Crippen LogP contribution < -0.4 is 0 Å². The first-order valence-corrected chi connectivity index (χ1v) is 10.6. The Morgan fingerprint density at radius 1 is 1.11 bits per heavy atom. The first kappa shape index (κ1) is 24.4. The first-order chi connectivity index (χ1) is 13.0. The molecular formula is C17H25F3O7S. The van der Waals surface area contributed by atoms with Crippen molar-refractivity contribution in [1.82, 2.24) is 0 Å². The Bertz CT molecular complexity index is 672. The third kappa shape index (κ3) is 5.68. The Hall–Kier alpha value is -1.65. The van der Waals surface area contributed by atoms with E-state index >= 15 is 0 Å². The monoisotopic (exact) mass is 430 g/mol. The summed E-state index contributed by atoms with van der Waals surface area (Å²) in [5.41, 5.74) is 0. The summed E-state index contributed by atoms with van der Waals surface area (Å²) in [5.74, 6) is -4.10. The molecule has 0 bridgehead atoms. The zero-order chi connectivity index (χ0) is 21.5. The maximum Gasteiger partial charge on any atom is 0.377 e. The molecule has 0 amide bonds. The summed E-state index contributed by atoms with van der Waals surface area (Å²) in [6, 6.07) is 0. The molecular weight excluding hydrogens is 405 g/mol. The van der Waals surface area contributed by atoms with Crippen molar-refractivity contribution in [3.05, 3.63) is 0 Å². The van der Waals surface area contributed by atoms with Gasteiger partial charge in [0, 0.05) is 6.42 Å². The number of esters is 2. The molecule has 0 aromatic rings. The number of sulfone groups is 1. The van der Waals surface area contributed by atoms with Crippen molar-refractivity contribution in [3.8, 4) is 0 Å². The number of hydrogen-bond donors (Lipinski definition) is 0. The van der Waals surface area contributed by atoms with Crippen LogP contribution in [-0.2, 0) is 33.7 Å². The van der Waals surface area contributed by atoms with Crippen molar-refractivity contribution in [3.63, 3.8) is 0 Å². The maximum atomic E-state index is 14.2. The molecule has 11 heteroatoms. The molecule has 162 valence electrons. The molecule has 1 rings (SSSR count). The molecule has 0 aromatic carbocycles. The van der Waals surface area contributed by atoms with E-state index in [2.05, 4.69) is 4.74 Å². The molecule has 0 spiro atoms. The highest BCUT2D eigenvalue weighted by atomic mass is 32.2. The Morgan fingerprint density at radius 3 is 2.18 bits per heavy atom. The van der Waals surface area contributed by atoms with E-state index < -0.39 is 57.3 Å². The van der Waals surface area contributed by atoms with Crippen molar-refractivity contribution in [2.45, 2.75) is 69.0 Å². The average molecular weight is 430 g/mol. The van der Waals surface area contributed by atoms with E-state index in [9.17, 15) is 36.0 Å². The van der Waals surface area contributed by atoms with Crippen molar-refractivity contribution < 1.29 is 45.4 Å². The van der Waals surface area contributed by atoms with Gasteiger partial charge in [0.2, 0.25) is 15.1 Å². The van der Waals surface area contributed by atoms with E-state index in [1.807, 2.05) is 0 Å². The molecule has 0 saturated heterocycles. The van der Waals surface area contributed by atoms with Crippen LogP contribution in [0.15, 0.2) is 0 Å². The topological polar surface area (TPSA) is 104 Å². The number of Topliss-reactive ketones (excluding diaryl/α,β-unsaturated/α-hetero) is 1. The zero-order valence-electron chi connectivity index (χ0n) is 15.8. The largest absolute Gasteiger partial charge is 0.465 e. The molecule has 1 fully saturated rings. The van der Waals surface area contributed by atoms with Gasteiger partial charge in [-0.15, -0.1) is 0 Å². The van der Waals surface area contributed by atoms with E-state index in [1.54, 1.807) is 0 Å². The summed E-state index contributed by atoms with van der Waals surface area (Å²) in [6.45, 7) is 0.818. The second kappa shape index (κ2) is 10.2. The van der Waals surface area contributed by atoms with Gasteiger partial charge in [-0.1, -0.05) is 19.3 Å². The number of rotatable bonds is 10. The Morgan fingerprint density at radius 2 is 1.68 bits per heavy atom. The normalized spacial score (nSPS) is 18.2. The number of ketones is 1. The summed E-state index contributed by atoms with van der Waals surface area (Å²) in [7, 11) is -5.86. The lowest BCUT2D eigenvalue weighted by Gasteiger charge is -2.24. The highest BCUT2D eigenvalue weighted by Crippen LogP contribution is 2.34. The minimum Gasteiger partial charge on any atom is -0.465 e. The molecule has 7 nitrogen and oxygen atoms in total. The first-order valence-electron chi connectivity index (χ1n) is 9.05. The lowest BCUT2D eigenvalue weighted by Crippen LogP contribution is -2.50. The van der Waals surface area contributed by atoms with Gasteiger partial charge in [-0.3, -0.25) is 14.4 Å². The van der Waals surface area contributed by atoms with Crippen LogP contribution in [0.5, 0.6) is 0 Å². The standard InChI is InChI=1S/C17H25F3O7S/c1-3-26-16(23)14(11(2)21)28(24,25)17(19,20)13(18)9-10-27-15(22)12-7-5-4-6-8-12/h12-14H,3-10H2,1-2H3. The fraction of sp³-hybridized carbons (Fsp3) is 0.824. The molecule has 2 atom stereocenters. The Labute approximate surface area is 161 Å². The average Bonchev–Trinajstić information content (AvgIpc) is 2.61. The third-order valence-electron chi connectivity index (χ3n) is 4.48. The van der Waals surface area contributed by atoms with E-state index in [0.717, 1.165) is 19.3 Å². The number of ether oxygens (including phenoxy) is 2. The van der Waals surface area contributed by atoms with Gasteiger partial charge in [0.25, 0.3) is 0 Å². The fourth-order valence-electron chi connectivity index (χ4n) is 2.95. The van der Waals surface area contributed by atoms with E-state index in [-0.39, 0.29) is 12.5 Å². The molecule has 1 aliphatic carbocycles. The highest BCUT2D eigenvalue weighted by molar-refractivity contribution is 7.94. The predicted molar refractivity (Wildman–Crippen MR) is 92.0 cm³/mol. The molecule has 1 aliphatic rings. The van der Waals surface area contributed by atoms with Crippen LogP contribution in [0, 0.1) is 5.92 Å². The van der Waals surface area contributed by atoms with Gasteiger partial charge in [-0.2, -0.15) is 8.78 Å². The molecule has 2 unspecified atom stereocenters. The maximum absolute atomic E-state index is 14.2. The molecule has 0 aromatic heterocycles. The van der Waals surface area contributed by atoms with E-state index in [4.69, 9.17) is 4.74 Å². The molecule has 0 heterocycles. The van der Waals surface area contributed by atoms with Gasteiger partial charge in [-0.05, 0) is 26.7 Å². The van der Waals surface area contributed by atoms with Crippen LogP contribution in [0.2, 0.25) is 0 Å². The Balaban J connectivity index is 2.77. The molecule has 0 N–H and O–H groups in total. The summed E-state index contributed by atoms with van der Waals surface area (Å²) in [5, 5.41) is -7.86. The van der Waals surface area contributed by atoms with Gasteiger partial charge in [0.15, 0.2) is 12.0 Å². The number of carbonyl (C=O) groups is 3. The zero-order valence-corrected chi connectivity index (χ0v) is 16.6. The molecule has 0 radical (unpaired) electrons. The number of halogens is 3. The summed E-state index contributed by atoms with van der Waals surface area (Å²) in [4.78, 5) is 34.9. The fourth-order valence-corrected chi connectivity index (χ4v) is 4.50. The number of hydrogen-bond acceptors (Lipinski definition) is 7. The smallest absolute Gasteiger partial charge is 0.377 e. The van der Waals surface area contributed by atoms with E-state index in [1.165, 1.54) is 6.92 Å². The Kier molecular flexibility index (Phi) is 8.90. The minimum atomic E-state index is -5.86. The molecule has 28 heavy (non-hydrogen) atoms. The summed E-state index contributed by atoms with van der Waals surface area (Å²) in [6.07, 6.45) is -0.515. The SMILES string of the molecule is CCOC(=O)C(C(C)=O)S(=O)(=O)C(F)(F)C(F)CCOC(=O)C1CCCCC1. The van der Waals surface area contributed by atoms with Crippen LogP contribution in [0.3, 0.4) is 0 Å². The van der Waals surface area contributed by atoms with Crippen molar-refractivity contribution >= 4 is 27.6 Å². The van der Waals surface area contributed by atoms with Crippen molar-refractivity contribution in [2.75, 3.05) is 13.2 Å². The van der Waals surface area contributed by atoms with Gasteiger partial charge in [0.05, 0.1) is 19.1 Å². The third-order valence-corrected chi connectivity index (χ3v) is 6.64. The highest BCUT2D eigenvalue weighted by Gasteiger charge is 2.59. The van der Waals surface area contributed by atoms with Crippen LogP contribution in [-0.4, -0.2) is 56.0 Å². The van der Waals surface area contributed by atoms with Crippen molar-refractivity contribution in [2.24, 2.45) is 5.92 Å². The quantitative estimate of drug-likeness (QED) is 0.387. The van der Waals surface area contributed by atoms with Gasteiger partial charge < -0.3 is 9.47 Å². The second-order valence-electron chi connectivity index (χ2n) is 6.61. The van der Waals surface area contributed by atoms with Gasteiger partial charge in [-0.25, -0.2) is 12.8 Å². The molecule has 1 saturated carbocycles. The predicted octanol–water partition coefficient (Wildman–Crippen LogP) is 2.37. The van der Waals surface area contributed by atoms with E-state index in [0.29, 0.717) is 19.8 Å². The second-order valence-corrected chi connectivity index (χ2v) is 8.71. The lowest BCUT2D eigenvalue weighted by molar-refractivity contribution is -0.150. The molecule has 0 aliphatic heterocycles. The van der Waals surface area contributed by atoms with Crippen LogP contribution in [0.4, 0.5) is 13.2 Å². The lowest BCUT2D eigenvalue weighted by atomic mass is 9.89. The summed E-state index contributed by atoms with van der Waals surface area (Å²) >= 11 is 0. The summed E-state index contributed by atoms with van der Waals surface area (Å²) < 4.78 is 75.8. The minimum absolute atomic E-state index is 0.347. The number of alkyl halides is 3. The van der Waals surface area contributed by atoms with Crippen molar-refractivity contribution in [1.29, 1.82) is 0 Å².